The molecule has 7 nitrogen and oxygen atoms in total. The molecule has 1 aromatic heterocycles. The van der Waals surface area contributed by atoms with Gasteiger partial charge in [-0.3, -0.25) is 24.2 Å². The molecule has 0 atom stereocenters. The number of carbonyl (C=O) groups is 3. The third-order valence-electron chi connectivity index (χ3n) is 5.07. The van der Waals surface area contributed by atoms with Gasteiger partial charge < -0.3 is 10.3 Å². The highest BCUT2D eigenvalue weighted by atomic mass is 32.1. The largest absolute Gasteiger partial charge is 0.368 e. The SMILES string of the molecule is CCc1cccc2c(C=C3C(=O)N(CC)C(=S)N(CC)C3=O)cn(CC(N)=O)c12. The van der Waals surface area contributed by atoms with E-state index in [0.717, 1.165) is 22.9 Å². The zero-order valence-corrected chi connectivity index (χ0v) is 17.6. The molecule has 0 radical (unpaired) electrons. The minimum Gasteiger partial charge on any atom is -0.368 e. The minimum absolute atomic E-state index is 0.0187. The molecule has 8 heteroatoms. The number of hydrogen-bond donors (Lipinski definition) is 1. The van der Waals surface area contributed by atoms with Gasteiger partial charge in [-0.15, -0.1) is 0 Å². The fourth-order valence-corrected chi connectivity index (χ4v) is 4.12. The molecule has 3 amide bonds. The van der Waals surface area contributed by atoms with E-state index in [1.54, 1.807) is 16.8 Å². The molecular formula is C21H24N4O3S. The molecule has 1 aromatic carbocycles. The van der Waals surface area contributed by atoms with Gasteiger partial charge >= 0.3 is 0 Å². The standard InChI is InChI=1S/C21H24N4O3S/c1-4-13-8-7-9-15-14(11-23(18(13)15)12-17(22)26)10-16-19(27)24(5-2)21(29)25(6-3)20(16)28/h7-11H,4-6,12H2,1-3H3,(H2,22,26). The van der Waals surface area contributed by atoms with Crippen LogP contribution in [0.25, 0.3) is 17.0 Å². The number of nitrogens with two attached hydrogens (primary N) is 1. The number of primary amides is 1. The molecule has 152 valence electrons. The lowest BCUT2D eigenvalue weighted by molar-refractivity contribution is -0.133. The van der Waals surface area contributed by atoms with Gasteiger partial charge in [0.25, 0.3) is 11.8 Å². The van der Waals surface area contributed by atoms with Crippen LogP contribution >= 0.6 is 12.2 Å². The van der Waals surface area contributed by atoms with Gasteiger partial charge in [0, 0.05) is 30.2 Å². The van der Waals surface area contributed by atoms with E-state index >= 15 is 0 Å². The Morgan fingerprint density at radius 2 is 1.72 bits per heavy atom. The van der Waals surface area contributed by atoms with Gasteiger partial charge in [0.15, 0.2) is 5.11 Å². The van der Waals surface area contributed by atoms with Gasteiger partial charge in [0.05, 0.1) is 5.52 Å². The molecular weight excluding hydrogens is 388 g/mol. The molecule has 2 N–H and O–H groups in total. The number of benzene rings is 1. The Bertz CT molecular complexity index is 1030. The summed E-state index contributed by atoms with van der Waals surface area (Å²) >= 11 is 5.31. The van der Waals surface area contributed by atoms with E-state index < -0.39 is 17.7 Å². The van der Waals surface area contributed by atoms with Crippen molar-refractivity contribution in [3.8, 4) is 0 Å². The highest BCUT2D eigenvalue weighted by Crippen LogP contribution is 2.29. The molecule has 1 aliphatic rings. The third kappa shape index (κ3) is 3.55. The van der Waals surface area contributed by atoms with Crippen molar-refractivity contribution in [2.45, 2.75) is 33.7 Å². The maximum atomic E-state index is 12.9. The molecule has 0 spiro atoms. The van der Waals surface area contributed by atoms with Crippen LogP contribution in [0.15, 0.2) is 30.0 Å². The first-order valence-corrected chi connectivity index (χ1v) is 10.0. The summed E-state index contributed by atoms with van der Waals surface area (Å²) in [7, 11) is 0. The number of nitrogens with zero attached hydrogens (tertiary/aromatic N) is 3. The number of aryl methyl sites for hydroxylation is 1. The minimum atomic E-state index is -0.462. The van der Waals surface area contributed by atoms with Gasteiger partial charge in [-0.05, 0) is 44.1 Å². The summed E-state index contributed by atoms with van der Waals surface area (Å²) < 4.78 is 1.78. The van der Waals surface area contributed by atoms with Crippen molar-refractivity contribution in [2.24, 2.45) is 5.73 Å². The normalized spacial score (nSPS) is 14.9. The number of aromatic nitrogens is 1. The van der Waals surface area contributed by atoms with Crippen LogP contribution in [-0.4, -0.2) is 50.3 Å². The Hall–Kier alpha value is -3.00. The van der Waals surface area contributed by atoms with Crippen LogP contribution in [-0.2, 0) is 27.3 Å². The lowest BCUT2D eigenvalue weighted by atomic mass is 10.0. The molecule has 0 bridgehead atoms. The number of rotatable bonds is 6. The van der Waals surface area contributed by atoms with E-state index in [9.17, 15) is 14.4 Å². The summed E-state index contributed by atoms with van der Waals surface area (Å²) in [6.07, 6.45) is 4.13. The van der Waals surface area contributed by atoms with E-state index in [2.05, 4.69) is 0 Å². The number of amides is 3. The van der Waals surface area contributed by atoms with Crippen molar-refractivity contribution >= 4 is 52.0 Å². The zero-order chi connectivity index (χ0) is 21.3. The van der Waals surface area contributed by atoms with Crippen LogP contribution in [0, 0.1) is 0 Å². The summed E-state index contributed by atoms with van der Waals surface area (Å²) in [4.78, 5) is 40.3. The van der Waals surface area contributed by atoms with Gasteiger partial charge in [0.1, 0.15) is 12.1 Å². The van der Waals surface area contributed by atoms with Crippen molar-refractivity contribution < 1.29 is 14.4 Å². The molecule has 0 saturated carbocycles. The molecule has 1 fully saturated rings. The lowest BCUT2D eigenvalue weighted by Gasteiger charge is -2.35. The molecule has 1 saturated heterocycles. The monoisotopic (exact) mass is 412 g/mol. The van der Waals surface area contributed by atoms with E-state index in [4.69, 9.17) is 18.0 Å². The molecule has 0 unspecified atom stereocenters. The first-order valence-electron chi connectivity index (χ1n) is 9.62. The first-order chi connectivity index (χ1) is 13.8. The fraction of sp³-hybridized carbons (Fsp3) is 0.333. The van der Waals surface area contributed by atoms with Crippen molar-refractivity contribution in [2.75, 3.05) is 13.1 Å². The van der Waals surface area contributed by atoms with Gasteiger partial charge in [-0.1, -0.05) is 25.1 Å². The third-order valence-corrected chi connectivity index (χ3v) is 5.51. The van der Waals surface area contributed by atoms with Crippen LogP contribution in [0.4, 0.5) is 0 Å². The van der Waals surface area contributed by atoms with Crippen molar-refractivity contribution in [3.63, 3.8) is 0 Å². The van der Waals surface area contributed by atoms with Gasteiger partial charge in [-0.2, -0.15) is 0 Å². The average Bonchev–Trinajstić information content (AvgIpc) is 3.03. The Morgan fingerprint density at radius 3 is 2.24 bits per heavy atom. The summed E-state index contributed by atoms with van der Waals surface area (Å²) in [5.41, 5.74) is 8.10. The van der Waals surface area contributed by atoms with E-state index in [0.29, 0.717) is 18.7 Å². The smallest absolute Gasteiger partial charge is 0.265 e. The predicted molar refractivity (Wildman–Crippen MR) is 116 cm³/mol. The van der Waals surface area contributed by atoms with Crippen molar-refractivity contribution in [1.82, 2.24) is 14.4 Å². The number of fused-ring (bicyclic) bond motifs is 1. The first kappa shape index (κ1) is 20.7. The lowest BCUT2D eigenvalue weighted by Crippen LogP contribution is -2.55. The summed E-state index contributed by atoms with van der Waals surface area (Å²) in [5.74, 6) is -1.28. The topological polar surface area (TPSA) is 88.6 Å². The zero-order valence-electron chi connectivity index (χ0n) is 16.8. The second-order valence-corrected chi connectivity index (χ2v) is 7.15. The Kier molecular flexibility index (Phi) is 5.83. The summed E-state index contributed by atoms with van der Waals surface area (Å²) in [6.45, 7) is 6.44. The number of para-hydroxylation sites is 1. The van der Waals surface area contributed by atoms with Gasteiger partial charge in [0.2, 0.25) is 5.91 Å². The highest BCUT2D eigenvalue weighted by Gasteiger charge is 2.38. The van der Waals surface area contributed by atoms with Crippen LogP contribution in [0.1, 0.15) is 31.9 Å². The molecule has 2 aromatic rings. The highest BCUT2D eigenvalue weighted by molar-refractivity contribution is 7.80. The van der Waals surface area contributed by atoms with Gasteiger partial charge in [-0.25, -0.2) is 0 Å². The molecule has 0 aliphatic carbocycles. The molecule has 29 heavy (non-hydrogen) atoms. The van der Waals surface area contributed by atoms with E-state index in [1.165, 1.54) is 9.80 Å². The van der Waals surface area contributed by atoms with Crippen LogP contribution in [0.3, 0.4) is 0 Å². The maximum Gasteiger partial charge on any atom is 0.265 e. The number of hydrogen-bond acceptors (Lipinski definition) is 4. The Labute approximate surface area is 174 Å². The Morgan fingerprint density at radius 1 is 1.10 bits per heavy atom. The second-order valence-electron chi connectivity index (χ2n) is 6.78. The number of likely N-dealkylation sites (N-methyl/N-ethyl adjacent to an activating group) is 2. The molecule has 2 heterocycles. The quantitative estimate of drug-likeness (QED) is 0.447. The summed E-state index contributed by atoms with van der Waals surface area (Å²) in [6, 6.07) is 5.83. The number of carbonyl (C=O) groups excluding carboxylic acids is 3. The fourth-order valence-electron chi connectivity index (χ4n) is 3.70. The average molecular weight is 413 g/mol. The Balaban J connectivity index is 2.21. The molecule has 3 rings (SSSR count). The second kappa shape index (κ2) is 8.16. The predicted octanol–water partition coefficient (Wildman–Crippen LogP) is 2.07. The van der Waals surface area contributed by atoms with Crippen LogP contribution in [0.5, 0.6) is 0 Å². The number of thiocarbonyl (C=S) groups is 1. The maximum absolute atomic E-state index is 12.9. The van der Waals surface area contributed by atoms with Crippen molar-refractivity contribution in [3.05, 3.63) is 41.1 Å². The van der Waals surface area contributed by atoms with Crippen LogP contribution in [0.2, 0.25) is 0 Å². The van der Waals surface area contributed by atoms with Crippen LogP contribution < -0.4 is 5.73 Å². The van der Waals surface area contributed by atoms with E-state index in [1.807, 2.05) is 39.0 Å². The van der Waals surface area contributed by atoms with Crippen molar-refractivity contribution in [1.29, 1.82) is 0 Å². The summed E-state index contributed by atoms with van der Waals surface area (Å²) in [5, 5.41) is 1.09. The van der Waals surface area contributed by atoms with E-state index in [-0.39, 0.29) is 17.2 Å². The molecule has 1 aliphatic heterocycles.